The average Bonchev–Trinajstić information content (AvgIpc) is 2.74. The fourth-order valence-corrected chi connectivity index (χ4v) is 4.60. The van der Waals surface area contributed by atoms with Crippen LogP contribution in [0.2, 0.25) is 5.02 Å². The Morgan fingerprint density at radius 1 is 1.04 bits per heavy atom. The van der Waals surface area contributed by atoms with E-state index in [1.54, 1.807) is 0 Å². The fraction of sp³-hybridized carbons (Fsp3) is 0.429. The van der Waals surface area contributed by atoms with Crippen molar-refractivity contribution in [2.45, 2.75) is 44.5 Å². The lowest BCUT2D eigenvalue weighted by molar-refractivity contribution is -0.914. The minimum atomic E-state index is -0.989. The molecule has 0 spiro atoms. The predicted octanol–water partition coefficient (Wildman–Crippen LogP) is 3.10. The molecule has 2 heterocycles. The molecule has 2 aromatic carbocycles. The molecule has 0 aromatic heterocycles. The maximum atomic E-state index is 11.8. The van der Waals surface area contributed by atoms with E-state index >= 15 is 0 Å². The number of aryl methyl sites for hydroxylation is 1. The van der Waals surface area contributed by atoms with Gasteiger partial charge >= 0.3 is 0 Å². The molecule has 0 amide bonds. The minimum absolute atomic E-state index is 0.325. The van der Waals surface area contributed by atoms with Crippen molar-refractivity contribution in [1.82, 2.24) is 0 Å². The second-order valence-electron chi connectivity index (χ2n) is 7.48. The van der Waals surface area contributed by atoms with Gasteiger partial charge in [-0.05, 0) is 50.5 Å². The van der Waals surface area contributed by atoms with E-state index in [0.29, 0.717) is 17.7 Å². The van der Waals surface area contributed by atoms with E-state index in [2.05, 4.69) is 36.1 Å². The molecular weight excluding hydrogens is 332 g/mol. The van der Waals surface area contributed by atoms with Crippen LogP contribution in [0, 0.1) is 6.92 Å². The van der Waals surface area contributed by atoms with Gasteiger partial charge in [0.15, 0.2) is 6.17 Å². The van der Waals surface area contributed by atoms with Crippen LogP contribution in [0.3, 0.4) is 0 Å². The normalized spacial score (nSPS) is 29.3. The van der Waals surface area contributed by atoms with E-state index in [1.165, 1.54) is 29.7 Å². The molecule has 2 aromatic rings. The number of nitrogens with one attached hydrogen (secondary N) is 1. The Labute approximate surface area is 154 Å². The molecule has 3 atom stereocenters. The van der Waals surface area contributed by atoms with Gasteiger partial charge in [-0.25, -0.2) is 0 Å². The zero-order chi connectivity index (χ0) is 17.4. The molecule has 4 rings (SSSR count). The summed E-state index contributed by atoms with van der Waals surface area (Å²) in [4.78, 5) is 3.76. The molecule has 2 fully saturated rings. The van der Waals surface area contributed by atoms with Crippen LogP contribution in [0.4, 0.5) is 5.69 Å². The van der Waals surface area contributed by atoms with Crippen LogP contribution in [0.1, 0.15) is 36.8 Å². The molecule has 132 valence electrons. The molecule has 1 unspecified atom stereocenters. The van der Waals surface area contributed by atoms with Crippen LogP contribution in [-0.4, -0.2) is 24.4 Å². The number of benzene rings is 2. The van der Waals surface area contributed by atoms with Gasteiger partial charge in [0.2, 0.25) is 5.72 Å². The molecule has 0 radical (unpaired) electrons. The van der Waals surface area contributed by atoms with Gasteiger partial charge in [0.05, 0.1) is 6.54 Å². The fourth-order valence-electron chi connectivity index (χ4n) is 4.47. The lowest BCUT2D eigenvalue weighted by atomic mass is 10.0. The number of anilines is 1. The van der Waals surface area contributed by atoms with Crippen LogP contribution in [-0.2, 0) is 5.72 Å². The summed E-state index contributed by atoms with van der Waals surface area (Å²) in [7, 11) is 0. The number of hydrogen-bond acceptors (Lipinski definition) is 2. The Hall–Kier alpha value is -1.55. The molecule has 4 heteroatoms. The van der Waals surface area contributed by atoms with Crippen molar-refractivity contribution < 1.29 is 10.0 Å². The lowest BCUT2D eigenvalue weighted by Gasteiger charge is -2.35. The summed E-state index contributed by atoms with van der Waals surface area (Å²) in [6.07, 6.45) is 5.21. The van der Waals surface area contributed by atoms with E-state index < -0.39 is 5.72 Å². The van der Waals surface area contributed by atoms with Gasteiger partial charge < -0.3 is 10.0 Å². The Kier molecular flexibility index (Phi) is 4.48. The molecule has 0 saturated carbocycles. The van der Waals surface area contributed by atoms with Crippen molar-refractivity contribution in [2.24, 2.45) is 0 Å². The summed E-state index contributed by atoms with van der Waals surface area (Å²) in [5.41, 5.74) is 2.28. The van der Waals surface area contributed by atoms with Crippen LogP contribution >= 0.6 is 11.6 Å². The summed E-state index contributed by atoms with van der Waals surface area (Å²) < 4.78 is 0. The number of nitrogens with zero attached hydrogens (tertiary/aromatic N) is 1. The van der Waals surface area contributed by atoms with Gasteiger partial charge in [-0.1, -0.05) is 41.4 Å². The van der Waals surface area contributed by atoms with E-state index in [-0.39, 0.29) is 0 Å². The number of fused-ring (bicyclic) bond motifs is 1. The summed E-state index contributed by atoms with van der Waals surface area (Å²) in [5, 5.41) is 12.5. The SMILES string of the molecule is Cc1ccc(N2[C@@H]3CCCCC[NH+]3C[C@]2(O)c2ccc(Cl)cc2)cc1. The summed E-state index contributed by atoms with van der Waals surface area (Å²) >= 11 is 6.08. The summed E-state index contributed by atoms with van der Waals surface area (Å²) in [5.74, 6) is 0. The van der Waals surface area contributed by atoms with Crippen LogP contribution in [0.25, 0.3) is 0 Å². The van der Waals surface area contributed by atoms with E-state index in [4.69, 9.17) is 11.6 Å². The molecule has 2 aliphatic heterocycles. The highest BCUT2D eigenvalue weighted by Crippen LogP contribution is 2.36. The smallest absolute Gasteiger partial charge is 0.219 e. The molecule has 0 bridgehead atoms. The van der Waals surface area contributed by atoms with Gasteiger partial charge in [0.1, 0.15) is 6.54 Å². The largest absolute Gasteiger partial charge is 0.362 e. The molecule has 2 N–H and O–H groups in total. The third kappa shape index (κ3) is 3.05. The maximum Gasteiger partial charge on any atom is 0.219 e. The van der Waals surface area contributed by atoms with Crippen LogP contribution < -0.4 is 9.80 Å². The van der Waals surface area contributed by atoms with E-state index in [1.807, 2.05) is 24.3 Å². The third-order valence-corrected chi connectivity index (χ3v) is 6.00. The van der Waals surface area contributed by atoms with Crippen molar-refractivity contribution in [1.29, 1.82) is 0 Å². The van der Waals surface area contributed by atoms with Crippen molar-refractivity contribution >= 4 is 17.3 Å². The van der Waals surface area contributed by atoms with Crippen LogP contribution in [0.15, 0.2) is 48.5 Å². The summed E-state index contributed by atoms with van der Waals surface area (Å²) in [6.45, 7) is 3.94. The summed E-state index contributed by atoms with van der Waals surface area (Å²) in [6, 6.07) is 16.2. The molecule has 2 saturated heterocycles. The standard InChI is InChI=1S/C21H25ClN2O/c1-16-6-12-19(13-7-16)24-20-5-3-2-4-14-23(20)15-21(24,25)17-8-10-18(22)11-9-17/h6-13,20,25H,2-5,14-15H2,1H3/p+1/t20-,21+/m1/s1. The Morgan fingerprint density at radius 3 is 2.48 bits per heavy atom. The molecule has 3 nitrogen and oxygen atoms in total. The van der Waals surface area contributed by atoms with Gasteiger partial charge in [0.25, 0.3) is 0 Å². The average molecular weight is 358 g/mol. The van der Waals surface area contributed by atoms with Crippen molar-refractivity contribution in [3.63, 3.8) is 0 Å². The van der Waals surface area contributed by atoms with E-state index in [0.717, 1.165) is 24.2 Å². The number of halogens is 1. The van der Waals surface area contributed by atoms with Crippen molar-refractivity contribution in [2.75, 3.05) is 18.0 Å². The first-order valence-corrected chi connectivity index (χ1v) is 9.65. The first-order valence-electron chi connectivity index (χ1n) is 9.27. The quantitative estimate of drug-likeness (QED) is 0.864. The monoisotopic (exact) mass is 357 g/mol. The number of hydrogen-bond donors (Lipinski definition) is 2. The predicted molar refractivity (Wildman–Crippen MR) is 102 cm³/mol. The van der Waals surface area contributed by atoms with Gasteiger partial charge in [0, 0.05) is 22.7 Å². The zero-order valence-corrected chi connectivity index (χ0v) is 15.5. The van der Waals surface area contributed by atoms with Crippen molar-refractivity contribution in [3.8, 4) is 0 Å². The Balaban J connectivity index is 1.80. The second-order valence-corrected chi connectivity index (χ2v) is 7.92. The Morgan fingerprint density at radius 2 is 1.76 bits per heavy atom. The van der Waals surface area contributed by atoms with Gasteiger partial charge in [-0.3, -0.25) is 4.90 Å². The molecule has 25 heavy (non-hydrogen) atoms. The highest BCUT2D eigenvalue weighted by molar-refractivity contribution is 6.30. The zero-order valence-electron chi connectivity index (χ0n) is 14.7. The number of aliphatic hydroxyl groups is 1. The molecular formula is C21H26ClN2O+. The molecule has 2 aliphatic rings. The highest BCUT2D eigenvalue weighted by Gasteiger charge is 2.54. The maximum absolute atomic E-state index is 11.8. The third-order valence-electron chi connectivity index (χ3n) is 5.75. The first kappa shape index (κ1) is 16.9. The van der Waals surface area contributed by atoms with Crippen LogP contribution in [0.5, 0.6) is 0 Å². The minimum Gasteiger partial charge on any atom is -0.362 e. The first-order chi connectivity index (χ1) is 12.1. The van der Waals surface area contributed by atoms with Crippen molar-refractivity contribution in [3.05, 3.63) is 64.7 Å². The van der Waals surface area contributed by atoms with E-state index in [9.17, 15) is 5.11 Å². The van der Waals surface area contributed by atoms with Gasteiger partial charge in [-0.2, -0.15) is 0 Å². The molecule has 0 aliphatic carbocycles. The Bertz CT molecular complexity index is 731. The highest BCUT2D eigenvalue weighted by atomic mass is 35.5. The number of rotatable bonds is 2. The van der Waals surface area contributed by atoms with Gasteiger partial charge in [-0.15, -0.1) is 0 Å². The number of quaternary nitrogens is 1. The topological polar surface area (TPSA) is 27.9 Å². The second kappa shape index (κ2) is 6.64. The lowest BCUT2D eigenvalue weighted by Crippen LogP contribution is -3.14.